The lowest BCUT2D eigenvalue weighted by molar-refractivity contribution is 0.327. The SMILES string of the molecule is CCOc1cccc(NCC(CC)CC)n1. The Hall–Kier alpha value is -1.25. The van der Waals surface area contributed by atoms with Crippen LogP contribution in [0.15, 0.2) is 18.2 Å². The molecule has 0 saturated carbocycles. The van der Waals surface area contributed by atoms with Gasteiger partial charge >= 0.3 is 0 Å². The van der Waals surface area contributed by atoms with Gasteiger partial charge in [-0.1, -0.05) is 32.8 Å². The zero-order chi connectivity index (χ0) is 11.8. The summed E-state index contributed by atoms with van der Waals surface area (Å²) in [6, 6.07) is 5.82. The molecule has 16 heavy (non-hydrogen) atoms. The zero-order valence-corrected chi connectivity index (χ0v) is 10.5. The molecular weight excluding hydrogens is 200 g/mol. The van der Waals surface area contributed by atoms with Crippen LogP contribution in [-0.4, -0.2) is 18.1 Å². The van der Waals surface area contributed by atoms with Crippen LogP contribution in [0.2, 0.25) is 0 Å². The van der Waals surface area contributed by atoms with Crippen molar-refractivity contribution in [2.75, 3.05) is 18.5 Å². The molecule has 90 valence electrons. The number of nitrogens with one attached hydrogen (secondary N) is 1. The standard InChI is InChI=1S/C13H22N2O/c1-4-11(5-2)10-14-12-8-7-9-13(15-12)16-6-3/h7-9,11H,4-6,10H2,1-3H3,(H,14,15). The lowest BCUT2D eigenvalue weighted by atomic mass is 10.0. The van der Waals surface area contributed by atoms with E-state index in [1.807, 2.05) is 25.1 Å². The summed E-state index contributed by atoms with van der Waals surface area (Å²) in [4.78, 5) is 4.37. The highest BCUT2D eigenvalue weighted by atomic mass is 16.5. The Balaban J connectivity index is 2.49. The first-order valence-corrected chi connectivity index (χ1v) is 6.13. The smallest absolute Gasteiger partial charge is 0.215 e. The normalized spacial score (nSPS) is 10.5. The van der Waals surface area contributed by atoms with Crippen LogP contribution in [0, 0.1) is 5.92 Å². The van der Waals surface area contributed by atoms with Crippen LogP contribution in [0.25, 0.3) is 0 Å². The summed E-state index contributed by atoms with van der Waals surface area (Å²) >= 11 is 0. The first kappa shape index (κ1) is 12.8. The molecule has 0 spiro atoms. The van der Waals surface area contributed by atoms with Gasteiger partial charge in [0.15, 0.2) is 0 Å². The predicted octanol–water partition coefficient (Wildman–Crippen LogP) is 3.33. The van der Waals surface area contributed by atoms with Crippen molar-refractivity contribution in [3.63, 3.8) is 0 Å². The maximum atomic E-state index is 5.35. The van der Waals surface area contributed by atoms with E-state index in [4.69, 9.17) is 4.74 Å². The quantitative estimate of drug-likeness (QED) is 0.768. The van der Waals surface area contributed by atoms with Gasteiger partial charge in [-0.3, -0.25) is 0 Å². The molecule has 1 rings (SSSR count). The maximum absolute atomic E-state index is 5.35. The minimum atomic E-state index is 0.656. The van der Waals surface area contributed by atoms with Gasteiger partial charge in [-0.05, 0) is 18.9 Å². The molecule has 0 bridgehead atoms. The number of rotatable bonds is 7. The molecule has 0 atom stereocenters. The predicted molar refractivity (Wildman–Crippen MR) is 68.0 cm³/mol. The van der Waals surface area contributed by atoms with Crippen LogP contribution in [-0.2, 0) is 0 Å². The van der Waals surface area contributed by atoms with Crippen molar-refractivity contribution >= 4 is 5.82 Å². The number of ether oxygens (including phenoxy) is 1. The van der Waals surface area contributed by atoms with Crippen molar-refractivity contribution in [1.29, 1.82) is 0 Å². The van der Waals surface area contributed by atoms with Gasteiger partial charge in [0.05, 0.1) is 6.61 Å². The summed E-state index contributed by atoms with van der Waals surface area (Å²) in [6.45, 7) is 8.05. The second-order valence-electron chi connectivity index (χ2n) is 3.86. The molecule has 0 saturated heterocycles. The molecule has 0 aliphatic heterocycles. The van der Waals surface area contributed by atoms with Crippen LogP contribution >= 0.6 is 0 Å². The van der Waals surface area contributed by atoms with Crippen molar-refractivity contribution in [2.24, 2.45) is 5.92 Å². The molecule has 3 nitrogen and oxygen atoms in total. The molecule has 3 heteroatoms. The molecule has 1 N–H and O–H groups in total. The van der Waals surface area contributed by atoms with Gasteiger partial charge in [-0.15, -0.1) is 0 Å². The molecule has 0 aliphatic carbocycles. The van der Waals surface area contributed by atoms with Crippen molar-refractivity contribution in [3.8, 4) is 5.88 Å². The zero-order valence-electron chi connectivity index (χ0n) is 10.5. The van der Waals surface area contributed by atoms with E-state index in [1.54, 1.807) is 0 Å². The number of aromatic nitrogens is 1. The highest BCUT2D eigenvalue weighted by Gasteiger charge is 2.03. The minimum absolute atomic E-state index is 0.656. The largest absolute Gasteiger partial charge is 0.478 e. The van der Waals surface area contributed by atoms with E-state index >= 15 is 0 Å². The van der Waals surface area contributed by atoms with Crippen LogP contribution in [0.4, 0.5) is 5.82 Å². The maximum Gasteiger partial charge on any atom is 0.215 e. The molecule has 0 aromatic carbocycles. The van der Waals surface area contributed by atoms with E-state index < -0.39 is 0 Å². The van der Waals surface area contributed by atoms with Gasteiger partial charge < -0.3 is 10.1 Å². The third-order valence-corrected chi connectivity index (χ3v) is 2.74. The van der Waals surface area contributed by atoms with Crippen molar-refractivity contribution < 1.29 is 4.74 Å². The average Bonchev–Trinajstić information content (AvgIpc) is 2.31. The van der Waals surface area contributed by atoms with Crippen LogP contribution in [0.1, 0.15) is 33.6 Å². The van der Waals surface area contributed by atoms with Gasteiger partial charge in [-0.25, -0.2) is 0 Å². The Bertz CT molecular complexity index is 298. The molecular formula is C13H22N2O. The van der Waals surface area contributed by atoms with E-state index in [0.29, 0.717) is 12.5 Å². The fourth-order valence-electron chi connectivity index (χ4n) is 1.57. The number of hydrogen-bond acceptors (Lipinski definition) is 3. The third kappa shape index (κ3) is 4.09. The Labute approximate surface area is 98.2 Å². The lowest BCUT2D eigenvalue weighted by Gasteiger charge is -2.14. The third-order valence-electron chi connectivity index (χ3n) is 2.74. The topological polar surface area (TPSA) is 34.1 Å². The minimum Gasteiger partial charge on any atom is -0.478 e. The number of anilines is 1. The van der Waals surface area contributed by atoms with Gasteiger partial charge in [0.2, 0.25) is 5.88 Å². The molecule has 1 heterocycles. The number of hydrogen-bond donors (Lipinski definition) is 1. The Kier molecular flexibility index (Phi) is 5.68. The van der Waals surface area contributed by atoms with E-state index in [0.717, 1.165) is 18.3 Å². The van der Waals surface area contributed by atoms with Gasteiger partial charge in [0.25, 0.3) is 0 Å². The molecule has 0 aliphatic rings. The second kappa shape index (κ2) is 7.09. The Morgan fingerprint density at radius 3 is 2.62 bits per heavy atom. The molecule has 0 amide bonds. The molecule has 1 aromatic rings. The van der Waals surface area contributed by atoms with Gasteiger partial charge in [0, 0.05) is 12.6 Å². The van der Waals surface area contributed by atoms with E-state index in [1.165, 1.54) is 12.8 Å². The fourth-order valence-corrected chi connectivity index (χ4v) is 1.57. The summed E-state index contributed by atoms with van der Waals surface area (Å²) in [6.07, 6.45) is 2.41. The van der Waals surface area contributed by atoms with E-state index in [-0.39, 0.29) is 0 Å². The number of pyridine rings is 1. The van der Waals surface area contributed by atoms with Crippen molar-refractivity contribution in [1.82, 2.24) is 4.98 Å². The highest BCUT2D eigenvalue weighted by Crippen LogP contribution is 2.13. The molecule has 0 radical (unpaired) electrons. The van der Waals surface area contributed by atoms with E-state index in [9.17, 15) is 0 Å². The van der Waals surface area contributed by atoms with Crippen LogP contribution in [0.5, 0.6) is 5.88 Å². The first-order chi connectivity index (χ1) is 7.80. The van der Waals surface area contributed by atoms with E-state index in [2.05, 4.69) is 24.1 Å². The number of nitrogens with zero attached hydrogens (tertiary/aromatic N) is 1. The first-order valence-electron chi connectivity index (χ1n) is 6.13. The fraction of sp³-hybridized carbons (Fsp3) is 0.615. The van der Waals surface area contributed by atoms with Gasteiger partial charge in [0.1, 0.15) is 5.82 Å². The summed E-state index contributed by atoms with van der Waals surface area (Å²) in [5.74, 6) is 2.31. The highest BCUT2D eigenvalue weighted by molar-refractivity contribution is 5.36. The van der Waals surface area contributed by atoms with Crippen LogP contribution < -0.4 is 10.1 Å². The summed E-state index contributed by atoms with van der Waals surface area (Å²) in [5.41, 5.74) is 0. The van der Waals surface area contributed by atoms with Crippen LogP contribution in [0.3, 0.4) is 0 Å². The lowest BCUT2D eigenvalue weighted by Crippen LogP contribution is -2.13. The monoisotopic (exact) mass is 222 g/mol. The Morgan fingerprint density at radius 1 is 1.25 bits per heavy atom. The summed E-state index contributed by atoms with van der Waals surface area (Å²) in [7, 11) is 0. The summed E-state index contributed by atoms with van der Waals surface area (Å²) < 4.78 is 5.35. The van der Waals surface area contributed by atoms with Gasteiger partial charge in [-0.2, -0.15) is 4.98 Å². The molecule has 1 aromatic heterocycles. The summed E-state index contributed by atoms with van der Waals surface area (Å²) in [5, 5.41) is 3.35. The van der Waals surface area contributed by atoms with Crippen molar-refractivity contribution in [3.05, 3.63) is 18.2 Å². The average molecular weight is 222 g/mol. The molecule has 0 unspecified atom stereocenters. The van der Waals surface area contributed by atoms with Crippen molar-refractivity contribution in [2.45, 2.75) is 33.6 Å². The second-order valence-corrected chi connectivity index (χ2v) is 3.86. The molecule has 0 fully saturated rings. The Morgan fingerprint density at radius 2 is 2.00 bits per heavy atom.